The Morgan fingerprint density at radius 3 is 3.00 bits per heavy atom. The lowest BCUT2D eigenvalue weighted by Gasteiger charge is -2.32. The minimum absolute atomic E-state index is 0.0708. The predicted molar refractivity (Wildman–Crippen MR) is 107 cm³/mol. The van der Waals surface area contributed by atoms with Gasteiger partial charge in [-0.15, -0.1) is 0 Å². The Kier molecular flexibility index (Phi) is 6.92. The monoisotopic (exact) mass is 404 g/mol. The molecule has 1 fully saturated rings. The fraction of sp³-hybridized carbons (Fsp3) is 0.450. The molecule has 2 amide bonds. The number of carbonyl (C=O) groups is 2. The molecule has 0 unspecified atom stereocenters. The second-order valence-corrected chi connectivity index (χ2v) is 7.42. The van der Waals surface area contributed by atoms with E-state index in [1.54, 1.807) is 48.5 Å². The number of hydrogen-bond donors (Lipinski definition) is 1. The fourth-order valence-electron chi connectivity index (χ4n) is 3.49. The van der Waals surface area contributed by atoms with Crippen molar-refractivity contribution in [2.24, 2.45) is 5.92 Å². The van der Waals surface area contributed by atoms with Gasteiger partial charge in [-0.1, -0.05) is 11.6 Å². The summed E-state index contributed by atoms with van der Waals surface area (Å²) in [6, 6.07) is 6.92. The highest BCUT2D eigenvalue weighted by molar-refractivity contribution is 6.31. The molecule has 0 radical (unpaired) electrons. The third-order valence-corrected chi connectivity index (χ3v) is 5.18. The maximum Gasteiger partial charge on any atom is 0.244 e. The first kappa shape index (κ1) is 20.2. The number of rotatable bonds is 7. The molecule has 1 N–H and O–H groups in total. The van der Waals surface area contributed by atoms with Crippen LogP contribution in [0.3, 0.4) is 0 Å². The lowest BCUT2D eigenvalue weighted by atomic mass is 9.93. The Hall–Kier alpha value is -2.54. The first-order valence-electron chi connectivity index (χ1n) is 9.43. The van der Waals surface area contributed by atoms with Gasteiger partial charge in [0.15, 0.2) is 0 Å². The summed E-state index contributed by atoms with van der Waals surface area (Å²) in [5, 5.41) is 7.49. The smallest absolute Gasteiger partial charge is 0.244 e. The van der Waals surface area contributed by atoms with Crippen LogP contribution >= 0.6 is 11.6 Å². The van der Waals surface area contributed by atoms with E-state index < -0.39 is 0 Å². The number of ether oxygens (including phenoxy) is 1. The number of carbonyl (C=O) groups excluding carboxylic acids is 2. The van der Waals surface area contributed by atoms with Crippen LogP contribution in [-0.2, 0) is 16.1 Å². The summed E-state index contributed by atoms with van der Waals surface area (Å²) in [5.41, 5.74) is 0.569. The van der Waals surface area contributed by atoms with Gasteiger partial charge in [-0.2, -0.15) is 5.10 Å². The first-order valence-corrected chi connectivity index (χ1v) is 9.81. The molecule has 8 heteroatoms. The first-order chi connectivity index (χ1) is 13.5. The highest BCUT2D eigenvalue weighted by atomic mass is 35.5. The highest BCUT2D eigenvalue weighted by Gasteiger charge is 2.24. The van der Waals surface area contributed by atoms with Gasteiger partial charge in [0.05, 0.1) is 12.8 Å². The topological polar surface area (TPSA) is 76.5 Å². The van der Waals surface area contributed by atoms with Crippen LogP contribution in [0, 0.1) is 5.92 Å². The van der Waals surface area contributed by atoms with E-state index in [9.17, 15) is 9.59 Å². The minimum atomic E-state index is -0.0828. The number of methoxy groups -OCH3 is 1. The van der Waals surface area contributed by atoms with Crippen LogP contribution in [0.4, 0.5) is 5.69 Å². The Balaban J connectivity index is 1.48. The van der Waals surface area contributed by atoms with E-state index in [-0.39, 0.29) is 18.4 Å². The molecule has 3 rings (SSSR count). The zero-order valence-corrected chi connectivity index (χ0v) is 16.7. The van der Waals surface area contributed by atoms with Crippen molar-refractivity contribution < 1.29 is 14.3 Å². The summed E-state index contributed by atoms with van der Waals surface area (Å²) in [5.74, 6) is 0.884. The van der Waals surface area contributed by atoms with Gasteiger partial charge in [0.1, 0.15) is 12.3 Å². The van der Waals surface area contributed by atoms with E-state index in [4.69, 9.17) is 16.3 Å². The van der Waals surface area contributed by atoms with Crippen LogP contribution in [-0.4, -0.2) is 46.7 Å². The van der Waals surface area contributed by atoms with Crippen molar-refractivity contribution in [3.63, 3.8) is 0 Å². The van der Waals surface area contributed by atoms with Crippen molar-refractivity contribution in [2.45, 2.75) is 32.2 Å². The molecule has 150 valence electrons. The van der Waals surface area contributed by atoms with Crippen LogP contribution in [0.25, 0.3) is 0 Å². The number of halogens is 1. The van der Waals surface area contributed by atoms with Crippen LogP contribution in [0.5, 0.6) is 5.75 Å². The van der Waals surface area contributed by atoms with Crippen molar-refractivity contribution in [2.75, 3.05) is 25.5 Å². The molecule has 1 aromatic heterocycles. The van der Waals surface area contributed by atoms with Gasteiger partial charge in [0.2, 0.25) is 11.8 Å². The summed E-state index contributed by atoms with van der Waals surface area (Å²) in [6.07, 6.45) is 6.56. The van der Waals surface area contributed by atoms with Gasteiger partial charge in [0, 0.05) is 36.9 Å². The van der Waals surface area contributed by atoms with Crippen molar-refractivity contribution >= 4 is 29.1 Å². The molecule has 28 heavy (non-hydrogen) atoms. The summed E-state index contributed by atoms with van der Waals surface area (Å²) >= 11 is 6.00. The van der Waals surface area contributed by atoms with Gasteiger partial charge in [0.25, 0.3) is 0 Å². The van der Waals surface area contributed by atoms with Crippen molar-refractivity contribution in [3.8, 4) is 5.75 Å². The molecule has 0 bridgehead atoms. The maximum atomic E-state index is 12.5. The Bertz CT molecular complexity index is 810. The minimum Gasteiger partial charge on any atom is -0.495 e. The molecule has 2 aromatic rings. The Morgan fingerprint density at radius 2 is 2.25 bits per heavy atom. The van der Waals surface area contributed by atoms with Gasteiger partial charge < -0.3 is 15.0 Å². The molecule has 7 nitrogen and oxygen atoms in total. The number of hydrogen-bond acceptors (Lipinski definition) is 4. The molecule has 1 aliphatic heterocycles. The molecular weight excluding hydrogens is 380 g/mol. The normalized spacial score (nSPS) is 16.6. The van der Waals surface area contributed by atoms with E-state index in [0.717, 1.165) is 25.8 Å². The third-order valence-electron chi connectivity index (χ3n) is 4.94. The molecule has 0 spiro atoms. The quantitative estimate of drug-likeness (QED) is 0.768. The largest absolute Gasteiger partial charge is 0.495 e. The zero-order valence-electron chi connectivity index (χ0n) is 15.9. The highest BCUT2D eigenvalue weighted by Crippen LogP contribution is 2.28. The second-order valence-electron chi connectivity index (χ2n) is 6.98. The molecule has 0 aliphatic carbocycles. The van der Waals surface area contributed by atoms with Gasteiger partial charge in [-0.3, -0.25) is 14.3 Å². The van der Waals surface area contributed by atoms with Gasteiger partial charge in [-0.25, -0.2) is 0 Å². The van der Waals surface area contributed by atoms with Crippen molar-refractivity contribution in [1.29, 1.82) is 0 Å². The molecule has 1 atom stereocenters. The molecule has 1 aliphatic rings. The number of nitrogens with zero attached hydrogens (tertiary/aromatic N) is 3. The number of aromatic nitrogens is 2. The summed E-state index contributed by atoms with van der Waals surface area (Å²) in [4.78, 5) is 26.7. The standard InChI is InChI=1S/C20H25ClN4O3/c1-28-18-7-6-16(21)12-17(18)23-19(26)8-5-15-4-2-10-24(13-15)20(27)14-25-11-3-9-22-25/h3,6-7,9,11-12,15H,2,4-5,8,10,13-14H2,1H3,(H,23,26)/t15-/m0/s1. The summed E-state index contributed by atoms with van der Waals surface area (Å²) in [6.45, 7) is 1.71. The number of likely N-dealkylation sites (tertiary alicyclic amines) is 1. The molecular formula is C20H25ClN4O3. The van der Waals surface area contributed by atoms with E-state index in [1.807, 2.05) is 4.90 Å². The van der Waals surface area contributed by atoms with Crippen LogP contribution < -0.4 is 10.1 Å². The SMILES string of the molecule is COc1ccc(Cl)cc1NC(=O)CC[C@@H]1CCCN(C(=O)Cn2cccn2)C1. The Morgan fingerprint density at radius 1 is 1.39 bits per heavy atom. The molecule has 1 aromatic carbocycles. The number of benzene rings is 1. The molecule has 0 saturated carbocycles. The van der Waals surface area contributed by atoms with Gasteiger partial charge >= 0.3 is 0 Å². The lowest BCUT2D eigenvalue weighted by Crippen LogP contribution is -2.41. The average Bonchev–Trinajstić information content (AvgIpc) is 3.20. The summed E-state index contributed by atoms with van der Waals surface area (Å²) < 4.78 is 6.89. The van der Waals surface area contributed by atoms with Crippen LogP contribution in [0.1, 0.15) is 25.7 Å². The van der Waals surface area contributed by atoms with Crippen molar-refractivity contribution in [3.05, 3.63) is 41.7 Å². The second kappa shape index (κ2) is 9.59. The van der Waals surface area contributed by atoms with Gasteiger partial charge in [-0.05, 0) is 49.4 Å². The number of piperidine rings is 1. The fourth-order valence-corrected chi connectivity index (χ4v) is 3.66. The zero-order chi connectivity index (χ0) is 19.9. The predicted octanol–water partition coefficient (Wildman–Crippen LogP) is 3.20. The average molecular weight is 405 g/mol. The van der Waals surface area contributed by atoms with Crippen molar-refractivity contribution in [1.82, 2.24) is 14.7 Å². The lowest BCUT2D eigenvalue weighted by molar-refractivity contribution is -0.133. The van der Waals surface area contributed by atoms with Crippen LogP contribution in [0.15, 0.2) is 36.7 Å². The number of nitrogens with one attached hydrogen (secondary N) is 1. The summed E-state index contributed by atoms with van der Waals surface area (Å²) in [7, 11) is 1.55. The van der Waals surface area contributed by atoms with E-state index in [1.165, 1.54) is 0 Å². The van der Waals surface area contributed by atoms with E-state index in [2.05, 4.69) is 10.4 Å². The van der Waals surface area contributed by atoms with E-state index >= 15 is 0 Å². The molecule has 2 heterocycles. The van der Waals surface area contributed by atoms with Crippen LogP contribution in [0.2, 0.25) is 5.02 Å². The Labute approximate surface area is 169 Å². The number of anilines is 1. The third kappa shape index (κ3) is 5.48. The molecule has 1 saturated heterocycles. The number of amides is 2. The maximum absolute atomic E-state index is 12.5. The van der Waals surface area contributed by atoms with E-state index in [0.29, 0.717) is 35.3 Å².